The minimum absolute atomic E-state index is 0.196. The first-order valence-electron chi connectivity index (χ1n) is 5.23. The molecule has 15 heavy (non-hydrogen) atoms. The van der Waals surface area contributed by atoms with Crippen LogP contribution in [-0.2, 0) is 9.47 Å². The Labute approximate surface area is 90.0 Å². The number of rotatable bonds is 3. The molecule has 0 aromatic rings. The Balaban J connectivity index is 2.18. The number of nitriles is 1. The lowest BCUT2D eigenvalue weighted by Crippen LogP contribution is -2.58. The Morgan fingerprint density at radius 3 is 3.07 bits per heavy atom. The smallest absolute Gasteiger partial charge is 0.0988 e. The summed E-state index contributed by atoms with van der Waals surface area (Å²) in [5.74, 6) is 0.196. The van der Waals surface area contributed by atoms with Crippen LogP contribution >= 0.6 is 0 Å². The lowest BCUT2D eigenvalue weighted by Gasteiger charge is -2.52. The normalized spacial score (nSPS) is 37.5. The molecule has 3 atom stereocenters. The molecule has 0 amide bonds. The van der Waals surface area contributed by atoms with Gasteiger partial charge in [-0.25, -0.2) is 0 Å². The van der Waals surface area contributed by atoms with Gasteiger partial charge in [-0.1, -0.05) is 12.2 Å². The highest BCUT2D eigenvalue weighted by molar-refractivity contribution is 5.42. The average Bonchev–Trinajstić information content (AvgIpc) is 2.26. The second kappa shape index (κ2) is 3.80. The highest BCUT2D eigenvalue weighted by Gasteiger charge is 2.53. The zero-order valence-corrected chi connectivity index (χ0v) is 9.06. The van der Waals surface area contributed by atoms with E-state index >= 15 is 0 Å². The SMILES string of the molecule is CCOC1CC2(OC)C=CC(C#N)=CC12. The molecule has 0 N–H and O–H groups in total. The maximum Gasteiger partial charge on any atom is 0.0988 e. The number of fused-ring (bicyclic) bond motifs is 1. The van der Waals surface area contributed by atoms with E-state index in [2.05, 4.69) is 6.07 Å². The van der Waals surface area contributed by atoms with Crippen LogP contribution in [0.5, 0.6) is 0 Å². The van der Waals surface area contributed by atoms with Crippen molar-refractivity contribution < 1.29 is 9.47 Å². The third kappa shape index (κ3) is 1.50. The van der Waals surface area contributed by atoms with Gasteiger partial charge in [-0.2, -0.15) is 5.26 Å². The molecule has 2 rings (SSSR count). The fraction of sp³-hybridized carbons (Fsp3) is 0.583. The van der Waals surface area contributed by atoms with Crippen molar-refractivity contribution in [3.05, 3.63) is 23.8 Å². The van der Waals surface area contributed by atoms with Crippen LogP contribution in [0.4, 0.5) is 0 Å². The lowest BCUT2D eigenvalue weighted by atomic mass is 9.64. The van der Waals surface area contributed by atoms with Crippen molar-refractivity contribution in [2.45, 2.75) is 25.0 Å². The highest BCUT2D eigenvalue weighted by Crippen LogP contribution is 2.47. The van der Waals surface area contributed by atoms with Crippen molar-refractivity contribution in [1.29, 1.82) is 5.26 Å². The zero-order valence-electron chi connectivity index (χ0n) is 9.06. The Hall–Kier alpha value is -1.11. The molecule has 0 spiro atoms. The molecule has 3 heteroatoms. The Bertz CT molecular complexity index is 353. The van der Waals surface area contributed by atoms with Gasteiger partial charge in [0.05, 0.1) is 17.8 Å². The average molecular weight is 205 g/mol. The maximum absolute atomic E-state index is 8.84. The van der Waals surface area contributed by atoms with Gasteiger partial charge >= 0.3 is 0 Å². The van der Waals surface area contributed by atoms with E-state index in [9.17, 15) is 0 Å². The third-order valence-electron chi connectivity index (χ3n) is 3.28. The van der Waals surface area contributed by atoms with E-state index in [4.69, 9.17) is 14.7 Å². The number of nitrogens with zero attached hydrogens (tertiary/aromatic N) is 1. The second-order valence-corrected chi connectivity index (χ2v) is 3.95. The van der Waals surface area contributed by atoms with E-state index in [-0.39, 0.29) is 17.6 Å². The lowest BCUT2D eigenvalue weighted by molar-refractivity contribution is -0.165. The van der Waals surface area contributed by atoms with Crippen LogP contribution in [0.1, 0.15) is 13.3 Å². The van der Waals surface area contributed by atoms with Gasteiger partial charge in [-0.05, 0) is 13.0 Å². The van der Waals surface area contributed by atoms with Gasteiger partial charge in [0.2, 0.25) is 0 Å². The van der Waals surface area contributed by atoms with Crippen LogP contribution in [-0.4, -0.2) is 25.4 Å². The summed E-state index contributed by atoms with van der Waals surface area (Å²) >= 11 is 0. The van der Waals surface area contributed by atoms with Gasteiger partial charge in [0, 0.05) is 31.6 Å². The molecule has 2 aliphatic rings. The number of allylic oxidation sites excluding steroid dienone is 2. The van der Waals surface area contributed by atoms with E-state index in [0.717, 1.165) is 6.42 Å². The number of ether oxygens (including phenoxy) is 2. The van der Waals surface area contributed by atoms with Gasteiger partial charge < -0.3 is 9.47 Å². The zero-order chi connectivity index (χ0) is 10.9. The minimum Gasteiger partial charge on any atom is -0.378 e. The summed E-state index contributed by atoms with van der Waals surface area (Å²) in [5.41, 5.74) is 0.484. The van der Waals surface area contributed by atoms with Crippen molar-refractivity contribution >= 4 is 0 Å². The summed E-state index contributed by atoms with van der Waals surface area (Å²) in [7, 11) is 1.71. The van der Waals surface area contributed by atoms with Gasteiger partial charge in [0.25, 0.3) is 0 Å². The molecule has 1 fully saturated rings. The van der Waals surface area contributed by atoms with Crippen LogP contribution in [0.3, 0.4) is 0 Å². The first-order valence-corrected chi connectivity index (χ1v) is 5.23. The van der Waals surface area contributed by atoms with Crippen LogP contribution in [0.2, 0.25) is 0 Å². The fourth-order valence-corrected chi connectivity index (χ4v) is 2.38. The molecule has 80 valence electrons. The van der Waals surface area contributed by atoms with Crippen LogP contribution in [0.25, 0.3) is 0 Å². The largest absolute Gasteiger partial charge is 0.378 e. The molecule has 1 saturated carbocycles. The summed E-state index contributed by atoms with van der Waals surface area (Å²) in [6.45, 7) is 2.70. The molecule has 0 aliphatic heterocycles. The van der Waals surface area contributed by atoms with E-state index in [1.54, 1.807) is 7.11 Å². The van der Waals surface area contributed by atoms with Crippen LogP contribution < -0.4 is 0 Å². The first kappa shape index (κ1) is 10.4. The molecule has 3 unspecified atom stereocenters. The van der Waals surface area contributed by atoms with Gasteiger partial charge in [0.1, 0.15) is 0 Å². The van der Waals surface area contributed by atoms with E-state index in [0.29, 0.717) is 12.2 Å². The molecule has 0 heterocycles. The number of hydrogen-bond acceptors (Lipinski definition) is 3. The van der Waals surface area contributed by atoms with Gasteiger partial charge in [-0.15, -0.1) is 0 Å². The number of methoxy groups -OCH3 is 1. The summed E-state index contributed by atoms with van der Waals surface area (Å²) < 4.78 is 11.1. The van der Waals surface area contributed by atoms with Gasteiger partial charge in [-0.3, -0.25) is 0 Å². The molecular weight excluding hydrogens is 190 g/mol. The molecule has 2 aliphatic carbocycles. The van der Waals surface area contributed by atoms with Crippen LogP contribution in [0.15, 0.2) is 23.8 Å². The Morgan fingerprint density at radius 2 is 2.47 bits per heavy atom. The molecule has 0 saturated heterocycles. The molecule has 0 aromatic carbocycles. The van der Waals surface area contributed by atoms with E-state index < -0.39 is 0 Å². The second-order valence-electron chi connectivity index (χ2n) is 3.95. The third-order valence-corrected chi connectivity index (χ3v) is 3.28. The molecule has 3 nitrogen and oxygen atoms in total. The summed E-state index contributed by atoms with van der Waals surface area (Å²) in [6.07, 6.45) is 6.87. The molecular formula is C12H15NO2. The number of hydrogen-bond donors (Lipinski definition) is 0. The van der Waals surface area contributed by atoms with Crippen LogP contribution in [0, 0.1) is 17.2 Å². The van der Waals surface area contributed by atoms with Gasteiger partial charge in [0.15, 0.2) is 0 Å². The van der Waals surface area contributed by atoms with Crippen molar-refractivity contribution in [1.82, 2.24) is 0 Å². The fourth-order valence-electron chi connectivity index (χ4n) is 2.38. The monoisotopic (exact) mass is 205 g/mol. The van der Waals surface area contributed by atoms with Crippen molar-refractivity contribution in [2.24, 2.45) is 5.92 Å². The quantitative estimate of drug-likeness (QED) is 0.705. The highest BCUT2D eigenvalue weighted by atomic mass is 16.5. The summed E-state index contributed by atoms with van der Waals surface area (Å²) in [6, 6.07) is 2.16. The summed E-state index contributed by atoms with van der Waals surface area (Å²) in [4.78, 5) is 0. The molecule has 0 bridgehead atoms. The van der Waals surface area contributed by atoms with E-state index in [1.165, 1.54) is 0 Å². The minimum atomic E-state index is -0.222. The first-order chi connectivity index (χ1) is 7.25. The van der Waals surface area contributed by atoms with Crippen molar-refractivity contribution in [3.8, 4) is 6.07 Å². The Morgan fingerprint density at radius 1 is 1.67 bits per heavy atom. The molecule has 0 aromatic heterocycles. The maximum atomic E-state index is 8.84. The van der Waals surface area contributed by atoms with Crippen molar-refractivity contribution in [3.63, 3.8) is 0 Å². The Kier molecular flexibility index (Phi) is 2.64. The van der Waals surface area contributed by atoms with E-state index in [1.807, 2.05) is 25.2 Å². The topological polar surface area (TPSA) is 42.2 Å². The summed E-state index contributed by atoms with van der Waals surface area (Å²) in [5, 5.41) is 8.84. The molecule has 0 radical (unpaired) electrons. The van der Waals surface area contributed by atoms with Crippen molar-refractivity contribution in [2.75, 3.05) is 13.7 Å². The predicted octanol–water partition coefficient (Wildman–Crippen LogP) is 1.82. The standard InChI is InChI=1S/C12H15NO2/c1-3-15-11-7-12(14-2)5-4-9(8-13)6-10(11)12/h4-6,10-11H,3,7H2,1-2H3. The predicted molar refractivity (Wildman–Crippen MR) is 56.1 cm³/mol.